The van der Waals surface area contributed by atoms with Crippen LogP contribution < -0.4 is 32.2 Å². The van der Waals surface area contributed by atoms with Gasteiger partial charge in [-0.05, 0) is 216 Å². The lowest BCUT2D eigenvalue weighted by Crippen LogP contribution is -2.53. The number of aromatic amines is 1. The molecule has 13 N–H and O–H groups in total. The van der Waals surface area contributed by atoms with Crippen molar-refractivity contribution in [2.45, 2.75) is 241 Å². The molecular weight excluding hydrogens is 1180 g/mol. The van der Waals surface area contributed by atoms with Gasteiger partial charge in [-0.1, -0.05) is 104 Å². The minimum Gasteiger partial charge on any atom is -0.508 e. The number of nitrogens with one attached hydrogen (secondary N) is 4. The third-order valence-electron chi connectivity index (χ3n) is 25.0. The van der Waals surface area contributed by atoms with Crippen molar-refractivity contribution in [2.75, 3.05) is 31.2 Å². The number of aromatic hydroxyl groups is 2. The fourth-order valence-corrected chi connectivity index (χ4v) is 23.3. The van der Waals surface area contributed by atoms with E-state index in [0.717, 1.165) is 104 Å². The molecule has 14 nitrogen and oxygen atoms in total. The Bertz CT molecular complexity index is 3100. The molecule has 17 unspecified atom stereocenters. The van der Waals surface area contributed by atoms with Gasteiger partial charge in [0.05, 0.1) is 18.8 Å². The fraction of sp³-hybridized carbons (Fsp3) is 0.693. The van der Waals surface area contributed by atoms with Crippen LogP contribution in [0.1, 0.15) is 224 Å². The Hall–Kier alpha value is -4.13. The summed E-state index contributed by atoms with van der Waals surface area (Å²) in [5.74, 6) is 9.97. The summed E-state index contributed by atoms with van der Waals surface area (Å²) >= 11 is 0. The summed E-state index contributed by atoms with van der Waals surface area (Å²) in [5.41, 5.74) is 20.7. The quantitative estimate of drug-likeness (QED) is 0.0161. The van der Waals surface area contributed by atoms with Crippen LogP contribution in [0.15, 0.2) is 76.2 Å². The second-order valence-electron chi connectivity index (χ2n) is 30.5. The standard InChI is InChI=1S/C75H109N7O7S2/c1-45-14-24-57-51-33-47(16-25-58(57)60(62(76)37-51)43-90-91-44-65(45)82-73(77)80-54-12-7-9-50(35-54)49-19-21-55(85)22-20-49)18-27-68-52(41-83)36-56(89-68)23-15-48-17-26-66(86)69(34-48)88-42-67(87)63-38-59-71(64(79-39-46(2)84)40-78-53-10-3-4-11-53)75-31-8-13-70(75)74(29-5-6-30-74)61(28-32-75)72(59)81-63/h17,19-22,26,28,32,34,36,38,45-47,50-51,53-54,57-58,60-62,64-65,67,70-71,78-79,81,83-87H,3-16,18,23-25,27,29-31,33,35,37,39-44,76H2,1-2H3,(H3,77,80,82). The molecule has 1 saturated heterocycles. The molecule has 91 heavy (non-hydrogen) atoms. The number of phenolic OH excluding ortho intramolecular Hbond substituents is 2. The van der Waals surface area contributed by atoms with Crippen molar-refractivity contribution in [1.29, 1.82) is 0 Å². The number of guanidine groups is 1. The highest BCUT2D eigenvalue weighted by molar-refractivity contribution is 8.76. The first-order valence-corrected chi connectivity index (χ1v) is 38.5. The number of furan rings is 1. The Morgan fingerprint density at radius 2 is 1.62 bits per heavy atom. The zero-order valence-corrected chi connectivity index (χ0v) is 56.2. The number of fused-ring (bicyclic) bond motifs is 2. The molecule has 1 spiro atoms. The molecular formula is C75H109N7O7S2. The van der Waals surface area contributed by atoms with Crippen LogP contribution in [-0.4, -0.2) is 104 Å². The van der Waals surface area contributed by atoms with E-state index in [0.29, 0.717) is 90.2 Å². The van der Waals surface area contributed by atoms with Crippen molar-refractivity contribution < 1.29 is 34.7 Å². The summed E-state index contributed by atoms with van der Waals surface area (Å²) in [6.07, 6.45) is 32.1. The lowest BCUT2D eigenvalue weighted by molar-refractivity contribution is 0.0350. The molecule has 16 heteroatoms. The van der Waals surface area contributed by atoms with Crippen molar-refractivity contribution in [3.8, 4) is 17.2 Å². The van der Waals surface area contributed by atoms with E-state index in [9.17, 15) is 25.5 Å². The summed E-state index contributed by atoms with van der Waals surface area (Å²) in [4.78, 5) is 9.12. The molecule has 7 fully saturated rings. The van der Waals surface area contributed by atoms with Gasteiger partial charge in [-0.3, -0.25) is 0 Å². The molecule has 9 aliphatic rings. The third kappa shape index (κ3) is 14.3. The number of nitrogens with two attached hydrogens (primary N) is 2. The fourth-order valence-electron chi connectivity index (χ4n) is 20.5. The number of allylic oxidation sites excluding steroid dienone is 2. The lowest BCUT2D eigenvalue weighted by Gasteiger charge is -2.53. The zero-order valence-electron chi connectivity index (χ0n) is 54.6. The first kappa shape index (κ1) is 65.5. The van der Waals surface area contributed by atoms with Crippen molar-refractivity contribution >= 4 is 27.5 Å². The third-order valence-corrected chi connectivity index (χ3v) is 27.5. The number of H-pyrrole nitrogens is 1. The number of benzene rings is 2. The normalized spacial score (nSPS) is 33.4. The van der Waals surface area contributed by atoms with Gasteiger partial charge in [0.15, 0.2) is 17.5 Å². The van der Waals surface area contributed by atoms with Crippen molar-refractivity contribution in [3.05, 3.63) is 112 Å². The number of aliphatic hydroxyl groups is 3. The van der Waals surface area contributed by atoms with E-state index in [1.165, 1.54) is 107 Å². The molecule has 2 aromatic heterocycles. The smallest absolute Gasteiger partial charge is 0.189 e. The topological polar surface area (TPSA) is 240 Å². The highest BCUT2D eigenvalue weighted by atomic mass is 33.1. The summed E-state index contributed by atoms with van der Waals surface area (Å²) in [5, 5.41) is 66.1. The number of phenols is 2. The van der Waals surface area contributed by atoms with Crippen LogP contribution in [0.4, 0.5) is 0 Å². The first-order valence-electron chi connectivity index (χ1n) is 36.0. The molecule has 17 atom stereocenters. The highest BCUT2D eigenvalue weighted by Gasteiger charge is 2.65. The monoisotopic (exact) mass is 1280 g/mol. The van der Waals surface area contributed by atoms with E-state index in [4.69, 9.17) is 25.6 Å². The SMILES string of the molecule is CC(O)CNC(CNC1CCCC1)C1c2cc(C(O)COc3cc(CCc4cc(CO)c(CCC5CCC6C7CSSCC(N=C(N)NC8CCCC(c9ccc(O)cc9)C8)C(C)CCC6C(C5)CC7N)o4)ccc3O)[nH]c2C2C=CC13CCCC3C21CCCC1. The van der Waals surface area contributed by atoms with E-state index in [2.05, 4.69) is 58.2 Å². The summed E-state index contributed by atoms with van der Waals surface area (Å²) in [6, 6.07) is 18.8. The number of ether oxygens (including phenoxy) is 1. The zero-order chi connectivity index (χ0) is 62.8. The number of aliphatic hydroxyl groups excluding tert-OH is 3. The average molecular weight is 1280 g/mol. The van der Waals surface area contributed by atoms with Crippen molar-refractivity contribution in [3.63, 3.8) is 0 Å². The number of aliphatic imine (C=N–C) groups is 1. The van der Waals surface area contributed by atoms with Crippen LogP contribution in [-0.2, 0) is 25.9 Å². The second-order valence-corrected chi connectivity index (χ2v) is 33.0. The van der Waals surface area contributed by atoms with Crippen LogP contribution in [0.5, 0.6) is 17.2 Å². The molecule has 3 heterocycles. The molecule has 6 saturated carbocycles. The highest BCUT2D eigenvalue weighted by Crippen LogP contribution is 2.73. The van der Waals surface area contributed by atoms with Crippen molar-refractivity contribution in [1.82, 2.24) is 20.9 Å². The van der Waals surface area contributed by atoms with E-state index in [1.807, 2.05) is 46.7 Å². The largest absolute Gasteiger partial charge is 0.508 e. The summed E-state index contributed by atoms with van der Waals surface area (Å²) in [7, 11) is 3.96. The number of hydrogen-bond donors (Lipinski definition) is 11. The van der Waals surface area contributed by atoms with Gasteiger partial charge >= 0.3 is 0 Å². The second kappa shape index (κ2) is 29.1. The molecule has 8 aliphatic carbocycles. The maximum absolute atomic E-state index is 12.1. The van der Waals surface area contributed by atoms with Gasteiger partial charge in [-0.15, -0.1) is 0 Å². The van der Waals surface area contributed by atoms with Crippen LogP contribution in [0, 0.1) is 52.3 Å². The van der Waals surface area contributed by atoms with E-state index in [-0.39, 0.29) is 65.8 Å². The minimum absolute atomic E-state index is 0.00110. The lowest BCUT2D eigenvalue weighted by atomic mass is 9.52. The molecule has 1 aliphatic heterocycles. The van der Waals surface area contributed by atoms with Gasteiger partial charge in [-0.25, -0.2) is 4.99 Å². The average Bonchev–Trinajstić information content (AvgIpc) is 1.49. The van der Waals surface area contributed by atoms with Gasteiger partial charge in [-0.2, -0.15) is 0 Å². The van der Waals surface area contributed by atoms with Gasteiger partial charge in [0.1, 0.15) is 30.0 Å². The minimum atomic E-state index is -0.943. The number of aromatic nitrogens is 1. The van der Waals surface area contributed by atoms with Crippen molar-refractivity contribution in [2.24, 2.45) is 68.7 Å². The number of nitrogens with zero attached hydrogens (tertiary/aromatic N) is 1. The molecule has 0 amide bonds. The van der Waals surface area contributed by atoms with Crippen LogP contribution in [0.25, 0.3) is 0 Å². The van der Waals surface area contributed by atoms with Gasteiger partial charge < -0.3 is 67.1 Å². The Morgan fingerprint density at radius 3 is 2.43 bits per heavy atom. The molecule has 0 radical (unpaired) electrons. The Labute approximate surface area is 550 Å². The molecule has 6 bridgehead atoms. The predicted octanol–water partition coefficient (Wildman–Crippen LogP) is 13.1. The molecule has 13 rings (SSSR count). The van der Waals surface area contributed by atoms with Gasteiger partial charge in [0.25, 0.3) is 0 Å². The summed E-state index contributed by atoms with van der Waals surface area (Å²) in [6.45, 7) is 5.58. The molecule has 498 valence electrons. The number of aryl methyl sites for hydroxylation is 3. The molecule has 2 aromatic carbocycles. The van der Waals surface area contributed by atoms with E-state index >= 15 is 0 Å². The van der Waals surface area contributed by atoms with Gasteiger partial charge in [0.2, 0.25) is 0 Å². The van der Waals surface area contributed by atoms with E-state index < -0.39 is 12.2 Å². The Kier molecular flexibility index (Phi) is 20.9. The Morgan fingerprint density at radius 1 is 0.813 bits per heavy atom. The van der Waals surface area contributed by atoms with Crippen LogP contribution >= 0.6 is 21.6 Å². The van der Waals surface area contributed by atoms with E-state index in [1.54, 1.807) is 18.2 Å². The maximum atomic E-state index is 12.1. The number of hydrogen-bond acceptors (Lipinski definition) is 13. The maximum Gasteiger partial charge on any atom is 0.189 e. The van der Waals surface area contributed by atoms with Gasteiger partial charge in [0, 0.05) is 95.8 Å². The van der Waals surface area contributed by atoms with Crippen LogP contribution in [0.3, 0.4) is 0 Å². The first-order chi connectivity index (χ1) is 44.2. The summed E-state index contributed by atoms with van der Waals surface area (Å²) < 4.78 is 13.0. The predicted molar refractivity (Wildman–Crippen MR) is 368 cm³/mol. The molecule has 4 aromatic rings. The number of rotatable bonds is 21. The Balaban J connectivity index is 0.629. The van der Waals surface area contributed by atoms with Crippen LogP contribution in [0.2, 0.25) is 0 Å².